The number of anilines is 1. The zero-order valence-corrected chi connectivity index (χ0v) is 8.30. The van der Waals surface area contributed by atoms with Crippen LogP contribution in [0.2, 0.25) is 0 Å². The lowest BCUT2D eigenvalue weighted by molar-refractivity contribution is 0.447. The first-order chi connectivity index (χ1) is 6.66. The molecule has 0 amide bonds. The lowest BCUT2D eigenvalue weighted by atomic mass is 10.5. The number of H-pyrrole nitrogens is 1. The molecule has 1 aliphatic rings. The number of aromatic amines is 1. The molecule has 0 radical (unpaired) electrons. The van der Waals surface area contributed by atoms with Crippen LogP contribution in [-0.2, 0) is 0 Å². The number of thioether (sulfide) groups is 1. The summed E-state index contributed by atoms with van der Waals surface area (Å²) in [5.41, 5.74) is 4.56. The highest BCUT2D eigenvalue weighted by Gasteiger charge is 2.21. The van der Waals surface area contributed by atoms with Crippen LogP contribution in [-0.4, -0.2) is 20.8 Å². The van der Waals surface area contributed by atoms with E-state index in [1.807, 2.05) is 0 Å². The van der Waals surface area contributed by atoms with Gasteiger partial charge >= 0.3 is 0 Å². The molecule has 0 aromatic carbocycles. The molecule has 1 aromatic rings. The monoisotopic (exact) mass is 213 g/mol. The highest BCUT2D eigenvalue weighted by Crippen LogP contribution is 2.34. The summed E-state index contributed by atoms with van der Waals surface area (Å²) in [6.07, 6.45) is 2.50. The average molecular weight is 213 g/mol. The second-order valence-electron chi connectivity index (χ2n) is 3.36. The van der Waals surface area contributed by atoms with Crippen molar-refractivity contribution in [2.45, 2.75) is 18.0 Å². The van der Waals surface area contributed by atoms with Gasteiger partial charge in [-0.25, -0.2) is 0 Å². The lowest BCUT2D eigenvalue weighted by Crippen LogP contribution is -2.13. The van der Waals surface area contributed by atoms with Gasteiger partial charge in [0.1, 0.15) is 0 Å². The fourth-order valence-electron chi connectivity index (χ4n) is 1.00. The van der Waals surface area contributed by atoms with E-state index in [1.54, 1.807) is 0 Å². The van der Waals surface area contributed by atoms with Gasteiger partial charge in [0, 0.05) is 5.75 Å². The summed E-state index contributed by atoms with van der Waals surface area (Å²) in [5.74, 6) is 1.30. The molecule has 1 heterocycles. The van der Waals surface area contributed by atoms with Crippen molar-refractivity contribution >= 4 is 17.4 Å². The van der Waals surface area contributed by atoms with Crippen LogP contribution < -0.4 is 11.3 Å². The fourth-order valence-corrected chi connectivity index (χ4v) is 2.04. The smallest absolute Gasteiger partial charge is 0.278 e. The van der Waals surface area contributed by atoms with Gasteiger partial charge in [0.05, 0.1) is 0 Å². The van der Waals surface area contributed by atoms with Crippen molar-refractivity contribution in [1.29, 1.82) is 0 Å². The molecule has 5 nitrogen and oxygen atoms in total. The highest BCUT2D eigenvalue weighted by atomic mass is 32.2. The van der Waals surface area contributed by atoms with E-state index < -0.39 is 5.56 Å². The van der Waals surface area contributed by atoms with Crippen LogP contribution in [0.15, 0.2) is 9.95 Å². The van der Waals surface area contributed by atoms with E-state index in [4.69, 9.17) is 5.73 Å². The second kappa shape index (κ2) is 3.53. The molecule has 0 aliphatic heterocycles. The Hall–Kier alpha value is -1.17. The third-order valence-electron chi connectivity index (χ3n) is 2.07. The van der Waals surface area contributed by atoms with E-state index in [1.165, 1.54) is 24.6 Å². The molecule has 1 aliphatic carbocycles. The number of aromatic nitrogens is 2. The molecule has 0 saturated heterocycles. The minimum absolute atomic E-state index is 0.222. The maximum Gasteiger partial charge on any atom is 0.278 e. The molecule has 0 atom stereocenters. The van der Waals surface area contributed by atoms with E-state index in [-0.39, 0.29) is 11.6 Å². The van der Waals surface area contributed by atoms with Gasteiger partial charge in [0.25, 0.3) is 5.56 Å². The molecular formula is C8H11N3O2S. The number of hydrogen-bond acceptors (Lipinski definition) is 5. The standard InChI is InChI=1S/C8H11N3O2S/c9-5-6(12)10-8(11-7(5)13)14-3-4-1-2-4/h4H,1-3,9H2,(H2,10,11,12,13). The Morgan fingerprint density at radius 1 is 1.64 bits per heavy atom. The van der Waals surface area contributed by atoms with Crippen LogP contribution in [0.1, 0.15) is 12.8 Å². The Balaban J connectivity index is 2.13. The minimum atomic E-state index is -0.476. The van der Waals surface area contributed by atoms with Crippen molar-refractivity contribution in [3.63, 3.8) is 0 Å². The average Bonchev–Trinajstić information content (AvgIpc) is 2.94. The topological polar surface area (TPSA) is 92.0 Å². The largest absolute Gasteiger partial charge is 0.492 e. The van der Waals surface area contributed by atoms with Crippen molar-refractivity contribution < 1.29 is 5.11 Å². The van der Waals surface area contributed by atoms with Crippen LogP contribution >= 0.6 is 11.8 Å². The summed E-state index contributed by atoms with van der Waals surface area (Å²) < 4.78 is 0. The maximum atomic E-state index is 11.1. The predicted molar refractivity (Wildman–Crippen MR) is 54.4 cm³/mol. The summed E-state index contributed by atoms with van der Waals surface area (Å²) >= 11 is 1.45. The molecule has 6 heteroatoms. The van der Waals surface area contributed by atoms with Crippen molar-refractivity contribution in [1.82, 2.24) is 9.97 Å². The zero-order chi connectivity index (χ0) is 10.1. The van der Waals surface area contributed by atoms with E-state index in [0.717, 1.165) is 11.7 Å². The van der Waals surface area contributed by atoms with Gasteiger partial charge in [-0.3, -0.25) is 9.78 Å². The van der Waals surface area contributed by atoms with Crippen LogP contribution in [0.3, 0.4) is 0 Å². The van der Waals surface area contributed by atoms with Crippen molar-refractivity contribution in [3.05, 3.63) is 10.4 Å². The molecule has 2 rings (SSSR count). The highest BCUT2D eigenvalue weighted by molar-refractivity contribution is 7.99. The van der Waals surface area contributed by atoms with Gasteiger partial charge in [0.15, 0.2) is 10.8 Å². The van der Waals surface area contributed by atoms with Gasteiger partial charge in [-0.1, -0.05) is 11.8 Å². The van der Waals surface area contributed by atoms with Crippen molar-refractivity contribution in [3.8, 4) is 5.88 Å². The van der Waals surface area contributed by atoms with Gasteiger partial charge in [-0.05, 0) is 18.8 Å². The SMILES string of the molecule is Nc1c(O)nc(SCC2CC2)[nH]c1=O. The fraction of sp³-hybridized carbons (Fsp3) is 0.500. The lowest BCUT2D eigenvalue weighted by Gasteiger charge is -2.01. The summed E-state index contributed by atoms with van der Waals surface area (Å²) in [7, 11) is 0. The van der Waals surface area contributed by atoms with Crippen LogP contribution in [0, 0.1) is 5.92 Å². The Labute approximate surface area is 84.7 Å². The summed E-state index contributed by atoms with van der Waals surface area (Å²) in [6, 6.07) is 0. The quantitative estimate of drug-likeness (QED) is 0.504. The maximum absolute atomic E-state index is 11.1. The summed E-state index contributed by atoms with van der Waals surface area (Å²) in [6.45, 7) is 0. The zero-order valence-electron chi connectivity index (χ0n) is 7.49. The number of hydrogen-bond donors (Lipinski definition) is 3. The molecule has 0 bridgehead atoms. The Kier molecular flexibility index (Phi) is 2.37. The van der Waals surface area contributed by atoms with E-state index >= 15 is 0 Å². The minimum Gasteiger partial charge on any atom is -0.492 e. The molecule has 0 unspecified atom stereocenters. The number of nitrogens with two attached hydrogens (primary N) is 1. The van der Waals surface area contributed by atoms with E-state index in [0.29, 0.717) is 5.16 Å². The van der Waals surface area contributed by atoms with Gasteiger partial charge in [-0.2, -0.15) is 4.98 Å². The molecule has 1 saturated carbocycles. The van der Waals surface area contributed by atoms with Crippen LogP contribution in [0.5, 0.6) is 5.88 Å². The van der Waals surface area contributed by atoms with E-state index in [2.05, 4.69) is 9.97 Å². The number of rotatable bonds is 3. The number of aromatic hydroxyl groups is 1. The summed E-state index contributed by atoms with van der Waals surface area (Å²) in [4.78, 5) is 17.4. The first-order valence-electron chi connectivity index (χ1n) is 4.38. The molecule has 1 aromatic heterocycles. The molecule has 0 spiro atoms. The molecule has 4 N–H and O–H groups in total. The van der Waals surface area contributed by atoms with Gasteiger partial charge < -0.3 is 10.8 Å². The van der Waals surface area contributed by atoms with Crippen molar-refractivity contribution in [2.75, 3.05) is 11.5 Å². The normalized spacial score (nSPS) is 15.7. The Morgan fingerprint density at radius 2 is 2.36 bits per heavy atom. The number of nitrogen functional groups attached to an aromatic ring is 1. The third kappa shape index (κ3) is 2.01. The van der Waals surface area contributed by atoms with Gasteiger partial charge in [-0.15, -0.1) is 0 Å². The molecular weight excluding hydrogens is 202 g/mol. The molecule has 76 valence electrons. The molecule has 1 fully saturated rings. The molecule has 14 heavy (non-hydrogen) atoms. The number of nitrogens with zero attached hydrogens (tertiary/aromatic N) is 1. The van der Waals surface area contributed by atoms with Crippen molar-refractivity contribution in [2.24, 2.45) is 5.92 Å². The second-order valence-corrected chi connectivity index (χ2v) is 4.37. The summed E-state index contributed by atoms with van der Waals surface area (Å²) in [5, 5.41) is 9.63. The van der Waals surface area contributed by atoms with Crippen LogP contribution in [0.25, 0.3) is 0 Å². The van der Waals surface area contributed by atoms with E-state index in [9.17, 15) is 9.90 Å². The first kappa shape index (κ1) is 9.39. The predicted octanol–water partition coefficient (Wildman–Crippen LogP) is 0.560. The third-order valence-corrected chi connectivity index (χ3v) is 3.17. The van der Waals surface area contributed by atoms with Crippen LogP contribution in [0.4, 0.5) is 5.69 Å². The number of nitrogens with one attached hydrogen (secondary N) is 1. The first-order valence-corrected chi connectivity index (χ1v) is 5.37. The Bertz CT molecular complexity index is 400. The van der Waals surface area contributed by atoms with Gasteiger partial charge in [0.2, 0.25) is 5.88 Å². The Morgan fingerprint density at radius 3 is 2.93 bits per heavy atom.